The Balaban J connectivity index is 1.89. The highest BCUT2D eigenvalue weighted by Crippen LogP contribution is 2.39. The topological polar surface area (TPSA) is 58.9 Å². The molecule has 4 nitrogen and oxygen atoms in total. The lowest BCUT2D eigenvalue weighted by atomic mass is 9.71. The SMILES string of the molecule is CCC(O)COc1ccc(C(C)(c2ccccc2)c2ccc(OCC(O)CC)cc2)cc1. The van der Waals surface area contributed by atoms with Crippen molar-refractivity contribution in [2.45, 2.75) is 51.2 Å². The molecule has 0 aromatic heterocycles. The van der Waals surface area contributed by atoms with E-state index in [1.165, 1.54) is 5.56 Å². The van der Waals surface area contributed by atoms with Crippen molar-refractivity contribution < 1.29 is 19.7 Å². The first-order chi connectivity index (χ1) is 15.5. The zero-order valence-corrected chi connectivity index (χ0v) is 19.2. The summed E-state index contributed by atoms with van der Waals surface area (Å²) >= 11 is 0. The number of ether oxygens (including phenoxy) is 2. The Hall–Kier alpha value is -2.82. The van der Waals surface area contributed by atoms with Crippen LogP contribution in [0.3, 0.4) is 0 Å². The molecule has 4 heteroatoms. The Bertz CT molecular complexity index is 878. The zero-order chi connectivity index (χ0) is 23.0. The molecular formula is C28H34O4. The van der Waals surface area contributed by atoms with E-state index in [4.69, 9.17) is 9.47 Å². The fourth-order valence-electron chi connectivity index (χ4n) is 3.66. The van der Waals surface area contributed by atoms with Crippen LogP contribution in [-0.2, 0) is 5.41 Å². The standard InChI is InChI=1S/C28H34O4/c1-4-24(29)19-31-26-15-11-22(12-16-26)28(3,21-9-7-6-8-10-21)23-13-17-27(18-14-23)32-20-25(30)5-2/h6-18,24-25,29-30H,4-5,19-20H2,1-3H3. The van der Waals surface area contributed by atoms with Crippen LogP contribution in [0.4, 0.5) is 0 Å². The summed E-state index contributed by atoms with van der Waals surface area (Å²) in [6.45, 7) is 6.67. The van der Waals surface area contributed by atoms with Crippen LogP contribution in [-0.4, -0.2) is 35.6 Å². The molecular weight excluding hydrogens is 400 g/mol. The molecule has 2 atom stereocenters. The van der Waals surface area contributed by atoms with E-state index >= 15 is 0 Å². The van der Waals surface area contributed by atoms with Crippen molar-refractivity contribution in [2.24, 2.45) is 0 Å². The van der Waals surface area contributed by atoms with Gasteiger partial charge in [0.25, 0.3) is 0 Å². The number of hydrogen-bond donors (Lipinski definition) is 2. The van der Waals surface area contributed by atoms with Crippen LogP contribution in [0.5, 0.6) is 11.5 Å². The van der Waals surface area contributed by atoms with Gasteiger partial charge in [0.05, 0.1) is 12.2 Å². The third-order valence-corrected chi connectivity index (χ3v) is 6.04. The number of hydrogen-bond acceptors (Lipinski definition) is 4. The third kappa shape index (κ3) is 5.70. The van der Waals surface area contributed by atoms with Gasteiger partial charge in [-0.15, -0.1) is 0 Å². The highest BCUT2D eigenvalue weighted by Gasteiger charge is 2.31. The van der Waals surface area contributed by atoms with E-state index in [1.54, 1.807) is 0 Å². The fourth-order valence-corrected chi connectivity index (χ4v) is 3.66. The van der Waals surface area contributed by atoms with Crippen LogP contribution < -0.4 is 9.47 Å². The van der Waals surface area contributed by atoms with Gasteiger partial charge in [-0.3, -0.25) is 0 Å². The maximum absolute atomic E-state index is 9.76. The Kier molecular flexibility index (Phi) is 8.32. The lowest BCUT2D eigenvalue weighted by Gasteiger charge is -2.32. The van der Waals surface area contributed by atoms with E-state index in [9.17, 15) is 10.2 Å². The van der Waals surface area contributed by atoms with Gasteiger partial charge in [-0.1, -0.05) is 68.4 Å². The molecule has 0 aliphatic heterocycles. The van der Waals surface area contributed by atoms with Gasteiger partial charge in [-0.2, -0.15) is 0 Å². The maximum atomic E-state index is 9.76. The van der Waals surface area contributed by atoms with E-state index in [1.807, 2.05) is 44.2 Å². The minimum Gasteiger partial charge on any atom is -0.491 e. The Morgan fingerprint density at radius 1 is 0.625 bits per heavy atom. The predicted molar refractivity (Wildman–Crippen MR) is 128 cm³/mol. The molecule has 0 aliphatic carbocycles. The van der Waals surface area contributed by atoms with Crippen LogP contribution in [0.2, 0.25) is 0 Å². The summed E-state index contributed by atoms with van der Waals surface area (Å²) in [7, 11) is 0. The summed E-state index contributed by atoms with van der Waals surface area (Å²) in [6.07, 6.45) is 0.426. The minimum absolute atomic E-state index is 0.292. The number of benzene rings is 3. The highest BCUT2D eigenvalue weighted by atomic mass is 16.5. The quantitative estimate of drug-likeness (QED) is 0.400. The molecule has 0 aliphatic rings. The van der Waals surface area contributed by atoms with Gasteiger partial charge < -0.3 is 19.7 Å². The number of aliphatic hydroxyl groups excluding tert-OH is 2. The van der Waals surface area contributed by atoms with E-state index in [2.05, 4.69) is 55.5 Å². The average Bonchev–Trinajstić information content (AvgIpc) is 2.86. The average molecular weight is 435 g/mol. The van der Waals surface area contributed by atoms with Gasteiger partial charge in [0, 0.05) is 5.41 Å². The fraction of sp³-hybridized carbons (Fsp3) is 0.357. The van der Waals surface area contributed by atoms with Crippen LogP contribution >= 0.6 is 0 Å². The maximum Gasteiger partial charge on any atom is 0.119 e. The monoisotopic (exact) mass is 434 g/mol. The zero-order valence-electron chi connectivity index (χ0n) is 19.2. The lowest BCUT2D eigenvalue weighted by Crippen LogP contribution is -2.25. The summed E-state index contributed by atoms with van der Waals surface area (Å²) in [5.74, 6) is 1.49. The Morgan fingerprint density at radius 3 is 1.38 bits per heavy atom. The van der Waals surface area contributed by atoms with E-state index in [0.717, 1.165) is 22.6 Å². The second kappa shape index (κ2) is 11.2. The summed E-state index contributed by atoms with van der Waals surface area (Å²) in [4.78, 5) is 0. The first-order valence-electron chi connectivity index (χ1n) is 11.4. The Labute approximate surface area is 191 Å². The van der Waals surface area contributed by atoms with Gasteiger partial charge in [0.2, 0.25) is 0 Å². The normalized spacial score (nSPS) is 14.9. The van der Waals surface area contributed by atoms with Gasteiger partial charge in [0.1, 0.15) is 24.7 Å². The van der Waals surface area contributed by atoms with Crippen LogP contribution in [0.25, 0.3) is 0 Å². The van der Waals surface area contributed by atoms with E-state index < -0.39 is 12.2 Å². The molecule has 0 saturated carbocycles. The summed E-state index contributed by atoms with van der Waals surface area (Å²) in [5, 5.41) is 19.5. The highest BCUT2D eigenvalue weighted by molar-refractivity contribution is 5.51. The van der Waals surface area contributed by atoms with Gasteiger partial charge >= 0.3 is 0 Å². The van der Waals surface area contributed by atoms with Crippen molar-refractivity contribution in [3.8, 4) is 11.5 Å². The molecule has 2 unspecified atom stereocenters. The summed E-state index contributed by atoms with van der Waals surface area (Å²) in [6, 6.07) is 26.6. The second-order valence-corrected chi connectivity index (χ2v) is 8.29. The number of aliphatic hydroxyl groups is 2. The molecule has 0 fully saturated rings. The largest absolute Gasteiger partial charge is 0.491 e. The van der Waals surface area contributed by atoms with Gasteiger partial charge in [-0.05, 0) is 60.7 Å². The van der Waals surface area contributed by atoms with Crippen molar-refractivity contribution in [1.82, 2.24) is 0 Å². The number of rotatable bonds is 11. The first kappa shape index (κ1) is 23.8. The lowest BCUT2D eigenvalue weighted by molar-refractivity contribution is 0.104. The molecule has 0 spiro atoms. The van der Waals surface area contributed by atoms with Crippen molar-refractivity contribution in [1.29, 1.82) is 0 Å². The van der Waals surface area contributed by atoms with Crippen LogP contribution in [0.1, 0.15) is 50.3 Å². The minimum atomic E-state index is -0.455. The Morgan fingerprint density at radius 2 is 1.00 bits per heavy atom. The second-order valence-electron chi connectivity index (χ2n) is 8.29. The van der Waals surface area contributed by atoms with Crippen molar-refractivity contribution in [2.75, 3.05) is 13.2 Å². The van der Waals surface area contributed by atoms with E-state index in [-0.39, 0.29) is 5.41 Å². The van der Waals surface area contributed by atoms with Crippen LogP contribution in [0.15, 0.2) is 78.9 Å². The smallest absolute Gasteiger partial charge is 0.119 e. The molecule has 32 heavy (non-hydrogen) atoms. The molecule has 0 bridgehead atoms. The molecule has 0 radical (unpaired) electrons. The molecule has 3 aromatic rings. The van der Waals surface area contributed by atoms with Crippen molar-refractivity contribution >= 4 is 0 Å². The summed E-state index contributed by atoms with van der Waals surface area (Å²) in [5.41, 5.74) is 3.10. The third-order valence-electron chi connectivity index (χ3n) is 6.04. The van der Waals surface area contributed by atoms with E-state index in [0.29, 0.717) is 26.1 Å². The molecule has 3 aromatic carbocycles. The summed E-state index contributed by atoms with van der Waals surface area (Å²) < 4.78 is 11.4. The van der Waals surface area contributed by atoms with Gasteiger partial charge in [-0.25, -0.2) is 0 Å². The molecule has 0 amide bonds. The molecule has 3 rings (SSSR count). The predicted octanol–water partition coefficient (Wildman–Crippen LogP) is 5.34. The first-order valence-corrected chi connectivity index (χ1v) is 11.4. The molecule has 0 heterocycles. The van der Waals surface area contributed by atoms with Crippen molar-refractivity contribution in [3.63, 3.8) is 0 Å². The molecule has 2 N–H and O–H groups in total. The van der Waals surface area contributed by atoms with Crippen LogP contribution in [0, 0.1) is 0 Å². The van der Waals surface area contributed by atoms with Gasteiger partial charge in [0.15, 0.2) is 0 Å². The molecule has 170 valence electrons. The van der Waals surface area contributed by atoms with Crippen molar-refractivity contribution in [3.05, 3.63) is 95.6 Å². The molecule has 0 saturated heterocycles.